The van der Waals surface area contributed by atoms with Crippen LogP contribution < -0.4 is 5.32 Å². The molecule has 0 bridgehead atoms. The fourth-order valence-corrected chi connectivity index (χ4v) is 3.84. The van der Waals surface area contributed by atoms with E-state index in [2.05, 4.69) is 19.2 Å². The molecule has 1 aromatic rings. The summed E-state index contributed by atoms with van der Waals surface area (Å²) >= 11 is 5.78. The van der Waals surface area contributed by atoms with Gasteiger partial charge in [-0.3, -0.25) is 4.79 Å². The number of carbonyl (C=O) groups excluding carboxylic acids is 1. The van der Waals surface area contributed by atoms with E-state index >= 15 is 0 Å². The topological polar surface area (TPSA) is 29.1 Å². The maximum atomic E-state index is 13.2. The third-order valence-electron chi connectivity index (χ3n) is 5.75. The van der Waals surface area contributed by atoms with Crippen molar-refractivity contribution in [3.8, 4) is 0 Å². The lowest BCUT2D eigenvalue weighted by Crippen LogP contribution is -2.27. The van der Waals surface area contributed by atoms with Crippen molar-refractivity contribution in [1.29, 1.82) is 0 Å². The second-order valence-electron chi connectivity index (χ2n) is 7.48. The van der Waals surface area contributed by atoms with E-state index in [1.165, 1.54) is 37.8 Å². The van der Waals surface area contributed by atoms with Gasteiger partial charge in [-0.25, -0.2) is 4.39 Å². The summed E-state index contributed by atoms with van der Waals surface area (Å²) in [6.45, 7) is 6.70. The molecule has 1 aromatic carbocycles. The van der Waals surface area contributed by atoms with E-state index in [9.17, 15) is 9.18 Å². The second kappa shape index (κ2) is 8.84. The van der Waals surface area contributed by atoms with Crippen molar-refractivity contribution in [2.45, 2.75) is 59.3 Å². The average molecular weight is 354 g/mol. The molecule has 2 rings (SSSR count). The lowest BCUT2D eigenvalue weighted by Gasteiger charge is -2.23. The molecule has 4 heteroatoms. The van der Waals surface area contributed by atoms with Gasteiger partial charge in [-0.15, -0.1) is 0 Å². The first-order chi connectivity index (χ1) is 11.4. The number of nitrogens with one attached hydrogen (secondary N) is 1. The first kappa shape index (κ1) is 19.2. The number of rotatable bonds is 3. The molecule has 1 fully saturated rings. The zero-order chi connectivity index (χ0) is 17.7. The summed E-state index contributed by atoms with van der Waals surface area (Å²) in [4.78, 5) is 12.6. The van der Waals surface area contributed by atoms with Crippen molar-refractivity contribution in [3.63, 3.8) is 0 Å². The molecule has 1 amide bonds. The van der Waals surface area contributed by atoms with Gasteiger partial charge in [-0.2, -0.15) is 0 Å². The lowest BCUT2D eigenvalue weighted by atomic mass is 9.85. The molecule has 2 nitrogen and oxygen atoms in total. The van der Waals surface area contributed by atoms with Crippen LogP contribution in [-0.2, 0) is 4.79 Å². The van der Waals surface area contributed by atoms with Gasteiger partial charge < -0.3 is 5.32 Å². The van der Waals surface area contributed by atoms with Gasteiger partial charge in [0, 0.05) is 11.6 Å². The molecule has 0 aliphatic heterocycles. The lowest BCUT2D eigenvalue weighted by molar-refractivity contribution is -0.121. The van der Waals surface area contributed by atoms with E-state index < -0.39 is 5.82 Å². The van der Waals surface area contributed by atoms with E-state index in [1.54, 1.807) is 6.07 Å². The van der Waals surface area contributed by atoms with Crippen molar-refractivity contribution in [2.24, 2.45) is 23.7 Å². The van der Waals surface area contributed by atoms with E-state index in [4.69, 9.17) is 11.6 Å². The largest absolute Gasteiger partial charge is 0.326 e. The molecule has 24 heavy (non-hydrogen) atoms. The van der Waals surface area contributed by atoms with Gasteiger partial charge in [-0.05, 0) is 48.8 Å². The fourth-order valence-electron chi connectivity index (χ4n) is 3.66. The van der Waals surface area contributed by atoms with Gasteiger partial charge in [0.1, 0.15) is 5.82 Å². The highest BCUT2D eigenvalue weighted by Gasteiger charge is 2.26. The van der Waals surface area contributed by atoms with Crippen LogP contribution in [0.2, 0.25) is 5.02 Å². The minimum atomic E-state index is -0.470. The van der Waals surface area contributed by atoms with E-state index in [0.29, 0.717) is 11.6 Å². The number of amides is 1. The molecule has 0 spiro atoms. The van der Waals surface area contributed by atoms with Crippen LogP contribution in [0, 0.1) is 29.5 Å². The monoisotopic (exact) mass is 353 g/mol. The van der Waals surface area contributed by atoms with Crippen molar-refractivity contribution in [1.82, 2.24) is 0 Å². The van der Waals surface area contributed by atoms with Gasteiger partial charge in [0.15, 0.2) is 0 Å². The van der Waals surface area contributed by atoms with Gasteiger partial charge >= 0.3 is 0 Å². The minimum absolute atomic E-state index is 0.00280. The number of anilines is 1. The quantitative estimate of drug-likeness (QED) is 0.679. The molecule has 0 aromatic heterocycles. The zero-order valence-corrected chi connectivity index (χ0v) is 15.7. The number of halogens is 2. The van der Waals surface area contributed by atoms with E-state index in [0.717, 1.165) is 24.7 Å². The third kappa shape index (κ3) is 5.20. The summed E-state index contributed by atoms with van der Waals surface area (Å²) < 4.78 is 13.2. The highest BCUT2D eigenvalue weighted by molar-refractivity contribution is 6.31. The Balaban J connectivity index is 1.96. The van der Waals surface area contributed by atoms with Crippen LogP contribution in [0.15, 0.2) is 18.2 Å². The summed E-state index contributed by atoms with van der Waals surface area (Å²) in [5.41, 5.74) is 0.559. The average Bonchev–Trinajstić information content (AvgIpc) is 2.62. The SMILES string of the molecule is CC1CCCC(C(C)C(=O)Nc2ccc(F)c(Cl)c2)CCCC1C. The van der Waals surface area contributed by atoms with Crippen LogP contribution in [0.4, 0.5) is 10.1 Å². The number of carbonyl (C=O) groups is 1. The standard InChI is InChI=1S/C20H29ClFNO/c1-13-6-4-8-16(9-5-7-14(13)2)15(3)20(24)23-17-10-11-19(22)18(21)12-17/h10-16H,4-9H2,1-3H3,(H,23,24). The van der Waals surface area contributed by atoms with Crippen LogP contribution in [0.5, 0.6) is 0 Å². The van der Waals surface area contributed by atoms with Gasteiger partial charge in [-0.1, -0.05) is 58.1 Å². The predicted molar refractivity (Wildman–Crippen MR) is 98.7 cm³/mol. The van der Waals surface area contributed by atoms with Gasteiger partial charge in [0.25, 0.3) is 0 Å². The van der Waals surface area contributed by atoms with Gasteiger partial charge in [0.2, 0.25) is 5.91 Å². The summed E-state index contributed by atoms with van der Waals surface area (Å²) in [6, 6.07) is 4.30. The third-order valence-corrected chi connectivity index (χ3v) is 6.04. The minimum Gasteiger partial charge on any atom is -0.326 e. The fraction of sp³-hybridized carbons (Fsp3) is 0.650. The Morgan fingerprint density at radius 1 is 1.17 bits per heavy atom. The Bertz CT molecular complexity index is 549. The molecule has 0 radical (unpaired) electrons. The number of benzene rings is 1. The Morgan fingerprint density at radius 2 is 1.75 bits per heavy atom. The predicted octanol–water partition coefficient (Wildman–Crippen LogP) is 6.30. The maximum absolute atomic E-state index is 13.2. The molecular formula is C20H29ClFNO. The summed E-state index contributed by atoms with van der Waals surface area (Å²) in [6.07, 6.45) is 7.09. The van der Waals surface area contributed by atoms with Crippen molar-refractivity contribution >= 4 is 23.2 Å². The number of hydrogen-bond acceptors (Lipinski definition) is 1. The Morgan fingerprint density at radius 3 is 2.29 bits per heavy atom. The number of hydrogen-bond donors (Lipinski definition) is 1. The molecule has 0 saturated heterocycles. The molecule has 0 heterocycles. The normalized spacial score (nSPS) is 26.8. The summed E-state index contributed by atoms with van der Waals surface area (Å²) in [5, 5.41) is 2.92. The molecule has 1 aliphatic rings. The molecule has 1 N–H and O–H groups in total. The molecule has 3 atom stereocenters. The van der Waals surface area contributed by atoms with Crippen LogP contribution in [0.1, 0.15) is 59.3 Å². The first-order valence-corrected chi connectivity index (χ1v) is 9.52. The van der Waals surface area contributed by atoms with Crippen LogP contribution in [0.3, 0.4) is 0 Å². The van der Waals surface area contributed by atoms with E-state index in [1.807, 2.05) is 6.92 Å². The van der Waals surface area contributed by atoms with Crippen molar-refractivity contribution < 1.29 is 9.18 Å². The highest BCUT2D eigenvalue weighted by atomic mass is 35.5. The van der Waals surface area contributed by atoms with Gasteiger partial charge in [0.05, 0.1) is 5.02 Å². The maximum Gasteiger partial charge on any atom is 0.227 e. The van der Waals surface area contributed by atoms with Crippen molar-refractivity contribution in [2.75, 3.05) is 5.32 Å². The smallest absolute Gasteiger partial charge is 0.227 e. The van der Waals surface area contributed by atoms with Crippen LogP contribution in [-0.4, -0.2) is 5.91 Å². The molecule has 1 saturated carbocycles. The molecular weight excluding hydrogens is 325 g/mol. The van der Waals surface area contributed by atoms with E-state index in [-0.39, 0.29) is 16.8 Å². The van der Waals surface area contributed by atoms with Crippen LogP contribution >= 0.6 is 11.6 Å². The second-order valence-corrected chi connectivity index (χ2v) is 7.89. The summed E-state index contributed by atoms with van der Waals surface area (Å²) in [5.74, 6) is 1.45. The van der Waals surface area contributed by atoms with Crippen LogP contribution in [0.25, 0.3) is 0 Å². The Labute approximate surface area is 150 Å². The molecule has 1 aliphatic carbocycles. The molecule has 134 valence electrons. The Kier molecular flexibility index (Phi) is 7.09. The Hall–Kier alpha value is -1.09. The molecule has 3 unspecified atom stereocenters. The summed E-state index contributed by atoms with van der Waals surface area (Å²) in [7, 11) is 0. The first-order valence-electron chi connectivity index (χ1n) is 9.14. The highest BCUT2D eigenvalue weighted by Crippen LogP contribution is 2.32. The van der Waals surface area contributed by atoms with Crippen molar-refractivity contribution in [3.05, 3.63) is 29.0 Å². The zero-order valence-electron chi connectivity index (χ0n) is 14.9.